The zero-order chi connectivity index (χ0) is 30.9. The van der Waals surface area contributed by atoms with Crippen LogP contribution in [-0.4, -0.2) is 83.7 Å². The molecule has 240 valence electrons. The Morgan fingerprint density at radius 1 is 0.659 bits per heavy atom. The molecule has 41 heavy (non-hydrogen) atoms. The summed E-state index contributed by atoms with van der Waals surface area (Å²) in [6.45, 7) is 6.11. The summed E-state index contributed by atoms with van der Waals surface area (Å²) in [6, 6.07) is 0.0541. The highest BCUT2D eigenvalue weighted by molar-refractivity contribution is 5.76. The summed E-state index contributed by atoms with van der Waals surface area (Å²) in [5.74, 6) is -1.15. The Morgan fingerprint density at radius 3 is 1.73 bits per heavy atom. The molecule has 1 atom stereocenters. The first-order valence-electron chi connectivity index (χ1n) is 16.1. The van der Waals surface area contributed by atoms with E-state index in [2.05, 4.69) is 13.8 Å². The van der Waals surface area contributed by atoms with Crippen molar-refractivity contribution in [1.82, 2.24) is 9.80 Å². The van der Waals surface area contributed by atoms with Gasteiger partial charge < -0.3 is 24.7 Å². The average molecular weight is 585 g/mol. The van der Waals surface area contributed by atoms with Crippen LogP contribution in [0.25, 0.3) is 0 Å². The normalized spacial score (nSPS) is 12.0. The largest absolute Gasteiger partial charge is 0.481 e. The number of rotatable bonds is 28. The molecule has 0 aliphatic carbocycles. The minimum absolute atomic E-state index is 0.0541. The van der Waals surface area contributed by atoms with Gasteiger partial charge in [-0.2, -0.15) is 0 Å². The molecule has 0 bridgehead atoms. The number of hydrogen-bond donors (Lipinski definition) is 2. The fourth-order valence-corrected chi connectivity index (χ4v) is 5.01. The second kappa shape index (κ2) is 25.5. The fraction of sp³-hybridized carbons (Fsp3) is 0.875. The molecule has 9 heteroatoms. The number of esters is 1. The Bertz CT molecular complexity index is 690. The van der Waals surface area contributed by atoms with Crippen molar-refractivity contribution in [2.24, 2.45) is 5.92 Å². The zero-order valence-electron chi connectivity index (χ0n) is 26.5. The summed E-state index contributed by atoms with van der Waals surface area (Å²) in [5, 5.41) is 17.9. The topological polar surface area (TPSA) is 124 Å². The molecule has 0 radical (unpaired) electrons. The van der Waals surface area contributed by atoms with Crippen LogP contribution in [0.2, 0.25) is 0 Å². The average Bonchev–Trinajstić information content (AvgIpc) is 2.92. The van der Waals surface area contributed by atoms with Crippen LogP contribution in [0.15, 0.2) is 0 Å². The van der Waals surface area contributed by atoms with E-state index in [-0.39, 0.29) is 30.8 Å². The molecule has 0 saturated carbocycles. The highest BCUT2D eigenvalue weighted by atomic mass is 16.5. The Morgan fingerprint density at radius 2 is 1.22 bits per heavy atom. The van der Waals surface area contributed by atoms with Gasteiger partial charge in [-0.15, -0.1) is 0 Å². The summed E-state index contributed by atoms with van der Waals surface area (Å²) in [4.78, 5) is 51.4. The van der Waals surface area contributed by atoms with Crippen molar-refractivity contribution in [3.63, 3.8) is 0 Å². The molecule has 0 spiro atoms. The predicted molar refractivity (Wildman–Crippen MR) is 163 cm³/mol. The molecular formula is C32H60N2O7. The van der Waals surface area contributed by atoms with E-state index < -0.39 is 11.9 Å². The zero-order valence-corrected chi connectivity index (χ0v) is 26.5. The van der Waals surface area contributed by atoms with Crippen molar-refractivity contribution in [2.75, 3.05) is 33.8 Å². The number of amides is 1. The number of ether oxygens (including phenoxy) is 1. The highest BCUT2D eigenvalue weighted by Crippen LogP contribution is 2.21. The van der Waals surface area contributed by atoms with E-state index in [4.69, 9.17) is 14.9 Å². The van der Waals surface area contributed by atoms with Gasteiger partial charge in [0.15, 0.2) is 0 Å². The van der Waals surface area contributed by atoms with Crippen LogP contribution < -0.4 is 0 Å². The first-order valence-corrected chi connectivity index (χ1v) is 16.1. The van der Waals surface area contributed by atoms with Crippen molar-refractivity contribution in [3.8, 4) is 0 Å². The van der Waals surface area contributed by atoms with E-state index in [1.54, 1.807) is 0 Å². The number of carbonyl (C=O) groups excluding carboxylic acids is 2. The van der Waals surface area contributed by atoms with Crippen LogP contribution in [0.5, 0.6) is 0 Å². The Hall–Kier alpha value is -2.16. The molecule has 0 aliphatic heterocycles. The fourth-order valence-electron chi connectivity index (χ4n) is 5.01. The summed E-state index contributed by atoms with van der Waals surface area (Å²) in [5.41, 5.74) is 0. The van der Waals surface area contributed by atoms with Crippen molar-refractivity contribution in [1.29, 1.82) is 0 Å². The highest BCUT2D eigenvalue weighted by Gasteiger charge is 2.23. The number of carboxylic acids is 2. The van der Waals surface area contributed by atoms with Crippen LogP contribution >= 0.6 is 0 Å². The van der Waals surface area contributed by atoms with Gasteiger partial charge in [-0.1, -0.05) is 65.2 Å². The number of aliphatic carboxylic acids is 2. The lowest BCUT2D eigenvalue weighted by Gasteiger charge is -2.33. The summed E-state index contributed by atoms with van der Waals surface area (Å²) in [6.07, 6.45) is 14.2. The second-order valence-corrected chi connectivity index (χ2v) is 11.7. The summed E-state index contributed by atoms with van der Waals surface area (Å²) in [7, 11) is 3.90. The number of carbonyl (C=O) groups is 4. The lowest BCUT2D eigenvalue weighted by Crippen LogP contribution is -2.42. The van der Waals surface area contributed by atoms with Crippen molar-refractivity contribution in [3.05, 3.63) is 0 Å². The summed E-state index contributed by atoms with van der Waals surface area (Å²) >= 11 is 0. The van der Waals surface area contributed by atoms with Crippen molar-refractivity contribution in [2.45, 2.75) is 142 Å². The van der Waals surface area contributed by atoms with Gasteiger partial charge in [0.2, 0.25) is 5.91 Å². The van der Waals surface area contributed by atoms with E-state index >= 15 is 0 Å². The monoisotopic (exact) mass is 584 g/mol. The Balaban J connectivity index is 4.98. The second-order valence-electron chi connectivity index (χ2n) is 11.7. The van der Waals surface area contributed by atoms with Gasteiger partial charge in [0.1, 0.15) is 0 Å². The van der Waals surface area contributed by atoms with E-state index in [1.807, 2.05) is 23.9 Å². The third-order valence-corrected chi connectivity index (χ3v) is 7.69. The third kappa shape index (κ3) is 23.1. The SMILES string of the molecule is CCCCC(CC)COC(=O)CCCCCN(C(=O)CCN(C)C)C(CCCCCC(=O)O)CCCCCC(=O)O. The molecule has 1 unspecified atom stereocenters. The van der Waals surface area contributed by atoms with Crippen LogP contribution in [0.1, 0.15) is 136 Å². The lowest BCUT2D eigenvalue weighted by molar-refractivity contribution is -0.145. The lowest BCUT2D eigenvalue weighted by atomic mass is 9.98. The Labute approximate surface area is 249 Å². The minimum atomic E-state index is -0.786. The quantitative estimate of drug-likeness (QED) is 0.0786. The molecule has 0 aromatic rings. The molecule has 0 aliphatic rings. The van der Waals surface area contributed by atoms with E-state index in [9.17, 15) is 19.2 Å². The van der Waals surface area contributed by atoms with E-state index in [0.29, 0.717) is 51.3 Å². The summed E-state index contributed by atoms with van der Waals surface area (Å²) < 4.78 is 5.53. The van der Waals surface area contributed by atoms with Crippen molar-refractivity contribution < 1.29 is 34.1 Å². The smallest absolute Gasteiger partial charge is 0.305 e. The van der Waals surface area contributed by atoms with Crippen LogP contribution in [-0.2, 0) is 23.9 Å². The van der Waals surface area contributed by atoms with E-state index in [0.717, 1.165) is 83.5 Å². The van der Waals surface area contributed by atoms with Gasteiger partial charge in [-0.05, 0) is 65.0 Å². The maximum absolute atomic E-state index is 13.3. The van der Waals surface area contributed by atoms with Gasteiger partial charge in [0.05, 0.1) is 6.61 Å². The Kier molecular flexibility index (Phi) is 24.2. The number of carboxylic acid groups (broad SMARTS) is 2. The maximum atomic E-state index is 13.3. The molecule has 0 fully saturated rings. The number of hydrogen-bond acceptors (Lipinski definition) is 6. The van der Waals surface area contributed by atoms with Gasteiger partial charge in [0.25, 0.3) is 0 Å². The van der Waals surface area contributed by atoms with Crippen LogP contribution in [0.3, 0.4) is 0 Å². The molecule has 0 aromatic heterocycles. The van der Waals surface area contributed by atoms with Crippen molar-refractivity contribution >= 4 is 23.8 Å². The van der Waals surface area contributed by atoms with E-state index in [1.165, 1.54) is 0 Å². The van der Waals surface area contributed by atoms with Gasteiger partial charge >= 0.3 is 17.9 Å². The molecule has 0 heterocycles. The predicted octanol–water partition coefficient (Wildman–Crippen LogP) is 6.53. The standard InChI is InChI=1S/C32H60N2O7/c1-5-7-17-27(6-2)26-41-32(40)22-15-10-16-24-34(29(35)23-25-33(3)4)28(18-11-8-13-20-30(36)37)19-12-9-14-21-31(38)39/h27-28H,5-26H2,1-4H3,(H,36,37)(H,38,39). The number of unbranched alkanes of at least 4 members (excludes halogenated alkanes) is 7. The van der Waals surface area contributed by atoms with Crippen LogP contribution in [0.4, 0.5) is 0 Å². The molecule has 1 amide bonds. The molecule has 0 aromatic carbocycles. The molecular weight excluding hydrogens is 524 g/mol. The molecule has 9 nitrogen and oxygen atoms in total. The first kappa shape index (κ1) is 38.8. The number of nitrogens with zero attached hydrogens (tertiary/aromatic N) is 2. The van der Waals surface area contributed by atoms with Gasteiger partial charge in [-0.25, -0.2) is 0 Å². The maximum Gasteiger partial charge on any atom is 0.305 e. The minimum Gasteiger partial charge on any atom is -0.481 e. The third-order valence-electron chi connectivity index (χ3n) is 7.69. The van der Waals surface area contributed by atoms with Crippen LogP contribution in [0, 0.1) is 5.92 Å². The van der Waals surface area contributed by atoms with Gasteiger partial charge in [0, 0.05) is 44.8 Å². The molecule has 2 N–H and O–H groups in total. The van der Waals surface area contributed by atoms with Gasteiger partial charge in [-0.3, -0.25) is 19.2 Å². The molecule has 0 saturated heterocycles. The first-order chi connectivity index (χ1) is 19.6. The molecule has 0 rings (SSSR count).